The zero-order valence-electron chi connectivity index (χ0n) is 15.3. The number of amides is 1. The van der Waals surface area contributed by atoms with Crippen molar-refractivity contribution in [1.29, 1.82) is 0 Å². The van der Waals surface area contributed by atoms with Crippen LogP contribution in [-0.2, 0) is 0 Å². The van der Waals surface area contributed by atoms with Crippen molar-refractivity contribution in [2.45, 2.75) is 13.8 Å². The maximum Gasteiger partial charge on any atom is 0.253 e. The minimum atomic E-state index is -0.366. The van der Waals surface area contributed by atoms with E-state index in [4.69, 9.17) is 0 Å². The number of carbonyl (C=O) groups excluding carboxylic acids is 1. The summed E-state index contributed by atoms with van der Waals surface area (Å²) in [5.74, 6) is -0.626. The number of nitrogens with zero attached hydrogens (tertiary/aromatic N) is 1. The number of rotatable bonds is 3. The van der Waals surface area contributed by atoms with Gasteiger partial charge in [0.1, 0.15) is 11.5 Å². The van der Waals surface area contributed by atoms with Gasteiger partial charge < -0.3 is 15.3 Å². The second-order valence-electron chi connectivity index (χ2n) is 6.54. The fourth-order valence-corrected chi connectivity index (χ4v) is 3.48. The summed E-state index contributed by atoms with van der Waals surface area (Å²) in [6, 6.07) is 8.82. The van der Waals surface area contributed by atoms with Crippen LogP contribution < -0.4 is 5.32 Å². The monoisotopic (exact) mass is 362 g/mol. The maximum atomic E-state index is 14.7. The first-order valence-electron chi connectivity index (χ1n) is 8.65. The average molecular weight is 362 g/mol. The smallest absolute Gasteiger partial charge is 0.253 e. The highest BCUT2D eigenvalue weighted by molar-refractivity contribution is 6.05. The summed E-state index contributed by atoms with van der Waals surface area (Å²) in [5.41, 5.74) is 5.30. The molecule has 0 saturated heterocycles. The van der Waals surface area contributed by atoms with E-state index >= 15 is 0 Å². The summed E-state index contributed by atoms with van der Waals surface area (Å²) in [6.45, 7) is 3.70. The quantitative estimate of drug-likeness (QED) is 0.507. The van der Waals surface area contributed by atoms with E-state index in [0.717, 1.165) is 33.4 Å². The van der Waals surface area contributed by atoms with E-state index in [-0.39, 0.29) is 11.7 Å². The Morgan fingerprint density at radius 1 is 1.11 bits per heavy atom. The summed E-state index contributed by atoms with van der Waals surface area (Å²) in [6.07, 6.45) is 3.53. The van der Waals surface area contributed by atoms with Crippen molar-refractivity contribution in [2.24, 2.45) is 0 Å². The first-order chi connectivity index (χ1) is 13.0. The summed E-state index contributed by atoms with van der Waals surface area (Å²) in [5, 5.41) is 3.59. The maximum absolute atomic E-state index is 14.7. The van der Waals surface area contributed by atoms with E-state index in [1.54, 1.807) is 19.3 Å². The average Bonchev–Trinajstić information content (AvgIpc) is 3.25. The number of pyridine rings is 1. The Morgan fingerprint density at radius 3 is 2.67 bits per heavy atom. The first kappa shape index (κ1) is 17.0. The van der Waals surface area contributed by atoms with Crippen LogP contribution >= 0.6 is 0 Å². The molecule has 0 atom stereocenters. The van der Waals surface area contributed by atoms with E-state index in [1.165, 1.54) is 6.07 Å². The number of halogens is 1. The second-order valence-corrected chi connectivity index (χ2v) is 6.54. The number of nitrogens with one attached hydrogen (secondary N) is 3. The molecule has 0 aliphatic rings. The lowest BCUT2D eigenvalue weighted by molar-refractivity contribution is 0.0963. The highest BCUT2D eigenvalue weighted by Crippen LogP contribution is 2.36. The van der Waals surface area contributed by atoms with E-state index in [9.17, 15) is 9.18 Å². The van der Waals surface area contributed by atoms with Crippen LogP contribution in [0.3, 0.4) is 0 Å². The number of aromatic nitrogens is 3. The molecule has 136 valence electrons. The zero-order valence-corrected chi connectivity index (χ0v) is 15.3. The minimum Gasteiger partial charge on any atom is -0.355 e. The van der Waals surface area contributed by atoms with Crippen LogP contribution in [0.5, 0.6) is 0 Å². The predicted molar refractivity (Wildman–Crippen MR) is 104 cm³/mol. The first-order valence-corrected chi connectivity index (χ1v) is 8.65. The largest absolute Gasteiger partial charge is 0.355 e. The topological polar surface area (TPSA) is 73.6 Å². The highest BCUT2D eigenvalue weighted by atomic mass is 19.1. The van der Waals surface area contributed by atoms with Gasteiger partial charge in [-0.15, -0.1) is 0 Å². The van der Waals surface area contributed by atoms with E-state index in [2.05, 4.69) is 20.3 Å². The van der Waals surface area contributed by atoms with E-state index < -0.39 is 0 Å². The van der Waals surface area contributed by atoms with Gasteiger partial charge in [-0.3, -0.25) is 4.79 Å². The molecule has 0 saturated carbocycles. The molecule has 0 bridgehead atoms. The molecule has 0 aliphatic heterocycles. The molecular weight excluding hydrogens is 343 g/mol. The summed E-state index contributed by atoms with van der Waals surface area (Å²) in [4.78, 5) is 23.3. The van der Waals surface area contributed by atoms with Crippen LogP contribution in [0.25, 0.3) is 33.5 Å². The third kappa shape index (κ3) is 2.70. The van der Waals surface area contributed by atoms with Gasteiger partial charge in [0, 0.05) is 36.0 Å². The lowest BCUT2D eigenvalue weighted by Gasteiger charge is -2.06. The normalized spacial score (nSPS) is 11.1. The van der Waals surface area contributed by atoms with Gasteiger partial charge in [-0.05, 0) is 49.2 Å². The molecule has 1 aromatic carbocycles. The van der Waals surface area contributed by atoms with Crippen LogP contribution in [0.2, 0.25) is 0 Å². The van der Waals surface area contributed by atoms with Gasteiger partial charge in [0.25, 0.3) is 5.91 Å². The van der Waals surface area contributed by atoms with Crippen LogP contribution in [0.15, 0.2) is 42.7 Å². The minimum absolute atomic E-state index is 0.260. The van der Waals surface area contributed by atoms with Crippen molar-refractivity contribution in [3.63, 3.8) is 0 Å². The number of fused-ring (bicyclic) bond motifs is 1. The molecule has 4 aromatic rings. The number of benzene rings is 1. The number of hydrogen-bond donors (Lipinski definition) is 3. The molecule has 27 heavy (non-hydrogen) atoms. The molecule has 3 N–H and O–H groups in total. The van der Waals surface area contributed by atoms with Crippen molar-refractivity contribution >= 4 is 16.9 Å². The molecule has 0 spiro atoms. The molecule has 0 aliphatic carbocycles. The number of aryl methyl sites for hydroxylation is 1. The Kier molecular flexibility index (Phi) is 4.03. The zero-order chi connectivity index (χ0) is 19.1. The number of aromatic amines is 2. The third-order valence-corrected chi connectivity index (χ3v) is 4.83. The van der Waals surface area contributed by atoms with Crippen LogP contribution in [0, 0.1) is 19.7 Å². The molecule has 5 nitrogen and oxygen atoms in total. The Bertz CT molecular complexity index is 1170. The van der Waals surface area contributed by atoms with Crippen molar-refractivity contribution < 1.29 is 9.18 Å². The van der Waals surface area contributed by atoms with Gasteiger partial charge >= 0.3 is 0 Å². The van der Waals surface area contributed by atoms with Gasteiger partial charge in [0.15, 0.2) is 0 Å². The molecule has 3 heterocycles. The van der Waals surface area contributed by atoms with E-state index in [0.29, 0.717) is 16.8 Å². The standard InChI is InChI=1S/C21H19FN4O/c1-11-4-5-15(16(22)10-11)19-17(21(27)23-3)12(2)18(26-19)13-6-8-24-20-14(13)7-9-25-20/h4-10,26H,1-3H3,(H,23,27)(H,24,25). The van der Waals surface area contributed by atoms with Crippen LogP contribution in [0.1, 0.15) is 21.5 Å². The van der Waals surface area contributed by atoms with Crippen molar-refractivity contribution in [3.05, 3.63) is 65.2 Å². The Balaban J connectivity index is 2.02. The van der Waals surface area contributed by atoms with Crippen LogP contribution in [-0.4, -0.2) is 27.9 Å². The summed E-state index contributed by atoms with van der Waals surface area (Å²) in [7, 11) is 1.57. The molecular formula is C21H19FN4O. The number of hydrogen-bond acceptors (Lipinski definition) is 2. The fraction of sp³-hybridized carbons (Fsp3) is 0.143. The second kappa shape index (κ2) is 6.39. The Morgan fingerprint density at radius 2 is 1.93 bits per heavy atom. The summed E-state index contributed by atoms with van der Waals surface area (Å²) < 4.78 is 14.7. The lowest BCUT2D eigenvalue weighted by atomic mass is 10.0. The van der Waals surface area contributed by atoms with E-state index in [1.807, 2.05) is 38.2 Å². The molecule has 1 amide bonds. The molecule has 0 unspecified atom stereocenters. The summed E-state index contributed by atoms with van der Waals surface area (Å²) >= 11 is 0. The molecule has 0 radical (unpaired) electrons. The Hall–Kier alpha value is -3.41. The molecule has 4 rings (SSSR count). The van der Waals surface area contributed by atoms with Crippen molar-refractivity contribution in [2.75, 3.05) is 7.05 Å². The molecule has 0 fully saturated rings. The van der Waals surface area contributed by atoms with Crippen molar-refractivity contribution in [1.82, 2.24) is 20.3 Å². The van der Waals surface area contributed by atoms with Crippen LogP contribution in [0.4, 0.5) is 4.39 Å². The van der Waals surface area contributed by atoms with Gasteiger partial charge in [-0.2, -0.15) is 0 Å². The number of H-pyrrole nitrogens is 2. The van der Waals surface area contributed by atoms with Gasteiger partial charge in [-0.25, -0.2) is 9.37 Å². The lowest BCUT2D eigenvalue weighted by Crippen LogP contribution is -2.19. The van der Waals surface area contributed by atoms with Crippen molar-refractivity contribution in [3.8, 4) is 22.5 Å². The SMILES string of the molecule is CNC(=O)c1c(-c2ccc(C)cc2F)[nH]c(-c2ccnc3[nH]ccc23)c1C. The van der Waals surface area contributed by atoms with Gasteiger partial charge in [0.2, 0.25) is 0 Å². The third-order valence-electron chi connectivity index (χ3n) is 4.83. The highest BCUT2D eigenvalue weighted by Gasteiger charge is 2.24. The fourth-order valence-electron chi connectivity index (χ4n) is 3.48. The Labute approximate surface area is 155 Å². The number of carbonyl (C=O) groups is 1. The molecule has 6 heteroatoms. The van der Waals surface area contributed by atoms with Gasteiger partial charge in [0.05, 0.1) is 17.0 Å². The molecule has 3 aromatic heterocycles. The predicted octanol–water partition coefficient (Wildman–Crippen LogP) is 4.34. The van der Waals surface area contributed by atoms with Gasteiger partial charge in [-0.1, -0.05) is 6.07 Å².